The van der Waals surface area contributed by atoms with E-state index >= 15 is 0 Å². The molecule has 0 spiro atoms. The predicted octanol–water partition coefficient (Wildman–Crippen LogP) is 1.86. The lowest BCUT2D eigenvalue weighted by Gasteiger charge is -2.22. The van der Waals surface area contributed by atoms with Crippen molar-refractivity contribution in [3.8, 4) is 0 Å². The lowest BCUT2D eigenvalue weighted by atomic mass is 10.1. The molecule has 2 unspecified atom stereocenters. The van der Waals surface area contributed by atoms with E-state index in [2.05, 4.69) is 12.2 Å². The number of allylic oxidation sites excluding steroid dienone is 1. The van der Waals surface area contributed by atoms with Gasteiger partial charge in [-0.05, 0) is 45.6 Å². The van der Waals surface area contributed by atoms with E-state index in [1.54, 1.807) is 6.92 Å². The average molecular weight is 310 g/mol. The number of carbonyl (C=O) groups excluding carboxylic acids is 2. The number of unbranched alkanes of at least 4 members (excludes halogenated alkanes) is 1. The molecule has 1 aliphatic rings. The van der Waals surface area contributed by atoms with Crippen LogP contribution in [0, 0.1) is 5.92 Å². The number of nitrogens with zero attached hydrogens (tertiary/aromatic N) is 1. The van der Waals surface area contributed by atoms with Crippen LogP contribution in [-0.2, 0) is 9.59 Å². The van der Waals surface area contributed by atoms with Crippen LogP contribution in [0.4, 0.5) is 0 Å². The fourth-order valence-corrected chi connectivity index (χ4v) is 2.53. The molecular formula is C17H30N2O3. The molecular weight excluding hydrogens is 280 g/mol. The van der Waals surface area contributed by atoms with Crippen molar-refractivity contribution in [3.63, 3.8) is 0 Å². The first-order valence-corrected chi connectivity index (χ1v) is 8.38. The number of rotatable bonds is 9. The number of nitrogens with one attached hydrogen (secondary N) is 1. The first-order chi connectivity index (χ1) is 10.5. The Morgan fingerprint density at radius 1 is 1.41 bits per heavy atom. The van der Waals surface area contributed by atoms with Crippen molar-refractivity contribution in [2.45, 2.75) is 59.0 Å². The molecule has 22 heavy (non-hydrogen) atoms. The zero-order chi connectivity index (χ0) is 16.5. The Kier molecular flexibility index (Phi) is 8.35. The number of aliphatic hydroxyl groups is 1. The van der Waals surface area contributed by atoms with E-state index in [0.29, 0.717) is 31.5 Å². The number of carbonyl (C=O) groups is 2. The summed E-state index contributed by atoms with van der Waals surface area (Å²) in [4.78, 5) is 25.8. The van der Waals surface area contributed by atoms with Gasteiger partial charge in [-0.25, -0.2) is 0 Å². The summed E-state index contributed by atoms with van der Waals surface area (Å²) >= 11 is 0. The van der Waals surface area contributed by atoms with E-state index in [9.17, 15) is 14.7 Å². The molecule has 0 saturated heterocycles. The average Bonchev–Trinajstić information content (AvgIpc) is 2.58. The van der Waals surface area contributed by atoms with E-state index in [1.165, 1.54) is 4.90 Å². The summed E-state index contributed by atoms with van der Waals surface area (Å²) < 4.78 is 0. The maximum Gasteiger partial charge on any atom is 0.255 e. The zero-order valence-electron chi connectivity index (χ0n) is 14.1. The zero-order valence-corrected chi connectivity index (χ0v) is 14.1. The summed E-state index contributed by atoms with van der Waals surface area (Å²) in [6.45, 7) is 7.69. The van der Waals surface area contributed by atoms with Gasteiger partial charge in [0, 0.05) is 24.6 Å². The fraction of sp³-hybridized carbons (Fsp3) is 0.765. The highest BCUT2D eigenvalue weighted by Crippen LogP contribution is 2.18. The molecule has 0 aromatic carbocycles. The van der Waals surface area contributed by atoms with Crippen molar-refractivity contribution in [1.82, 2.24) is 10.2 Å². The number of hydrogen-bond acceptors (Lipinski definition) is 4. The lowest BCUT2D eigenvalue weighted by Crippen LogP contribution is -2.39. The standard InChI is InChI=1S/C17H30N2O3/c1-4-10-18-12-15(20)7-5-6-11-19-16(21)13(2)8-9-14(3)17(19)22/h8,14-15,18,20H,4-7,9-12H2,1-3H3. The second-order valence-corrected chi connectivity index (χ2v) is 6.17. The lowest BCUT2D eigenvalue weighted by molar-refractivity contribution is -0.144. The van der Waals surface area contributed by atoms with E-state index in [4.69, 9.17) is 0 Å². The van der Waals surface area contributed by atoms with Crippen molar-refractivity contribution in [2.75, 3.05) is 19.6 Å². The fourth-order valence-electron chi connectivity index (χ4n) is 2.53. The molecule has 0 aromatic heterocycles. The van der Waals surface area contributed by atoms with Crippen molar-refractivity contribution in [3.05, 3.63) is 11.6 Å². The van der Waals surface area contributed by atoms with Crippen LogP contribution in [0.2, 0.25) is 0 Å². The van der Waals surface area contributed by atoms with Gasteiger partial charge in [-0.2, -0.15) is 0 Å². The van der Waals surface area contributed by atoms with Gasteiger partial charge in [-0.1, -0.05) is 19.9 Å². The smallest absolute Gasteiger partial charge is 0.255 e. The van der Waals surface area contributed by atoms with Gasteiger partial charge in [-0.15, -0.1) is 0 Å². The Morgan fingerprint density at radius 3 is 2.82 bits per heavy atom. The number of hydrogen-bond donors (Lipinski definition) is 2. The molecule has 2 atom stereocenters. The van der Waals surface area contributed by atoms with Crippen LogP contribution in [0.5, 0.6) is 0 Å². The van der Waals surface area contributed by atoms with Crippen molar-refractivity contribution < 1.29 is 14.7 Å². The molecule has 0 bridgehead atoms. The van der Waals surface area contributed by atoms with Crippen molar-refractivity contribution in [2.24, 2.45) is 5.92 Å². The summed E-state index contributed by atoms with van der Waals surface area (Å²) in [5.41, 5.74) is 0.654. The van der Waals surface area contributed by atoms with Crippen LogP contribution in [-0.4, -0.2) is 47.6 Å². The van der Waals surface area contributed by atoms with Gasteiger partial charge >= 0.3 is 0 Å². The molecule has 126 valence electrons. The normalized spacial score (nSPS) is 20.8. The maximum absolute atomic E-state index is 12.2. The Labute approximate surface area is 133 Å². The Balaban J connectivity index is 2.34. The molecule has 1 aliphatic heterocycles. The molecule has 0 saturated carbocycles. The molecule has 5 nitrogen and oxygen atoms in total. The topological polar surface area (TPSA) is 69.6 Å². The van der Waals surface area contributed by atoms with Crippen LogP contribution in [0.15, 0.2) is 11.6 Å². The quantitative estimate of drug-likeness (QED) is 0.504. The highest BCUT2D eigenvalue weighted by Gasteiger charge is 2.28. The summed E-state index contributed by atoms with van der Waals surface area (Å²) in [5.74, 6) is -0.381. The van der Waals surface area contributed by atoms with Gasteiger partial charge in [0.15, 0.2) is 0 Å². The minimum atomic E-state index is -0.359. The summed E-state index contributed by atoms with van der Waals surface area (Å²) in [7, 11) is 0. The van der Waals surface area contributed by atoms with Gasteiger partial charge in [0.2, 0.25) is 5.91 Å². The van der Waals surface area contributed by atoms with Crippen LogP contribution in [0.1, 0.15) is 52.9 Å². The number of imide groups is 1. The molecule has 0 radical (unpaired) electrons. The molecule has 1 heterocycles. The third-order valence-electron chi connectivity index (χ3n) is 4.02. The minimum absolute atomic E-state index is 0.0803. The van der Waals surface area contributed by atoms with Gasteiger partial charge in [0.05, 0.1) is 6.10 Å². The van der Waals surface area contributed by atoms with Crippen LogP contribution in [0.3, 0.4) is 0 Å². The van der Waals surface area contributed by atoms with Gasteiger partial charge in [-0.3, -0.25) is 14.5 Å². The Morgan fingerprint density at radius 2 is 2.14 bits per heavy atom. The van der Waals surface area contributed by atoms with Crippen molar-refractivity contribution >= 4 is 11.8 Å². The Hall–Kier alpha value is -1.20. The van der Waals surface area contributed by atoms with Gasteiger partial charge < -0.3 is 10.4 Å². The SMILES string of the molecule is CCCNCC(O)CCCCN1C(=O)C(C)=CCC(C)C1=O. The van der Waals surface area contributed by atoms with Gasteiger partial charge in [0.1, 0.15) is 0 Å². The van der Waals surface area contributed by atoms with Crippen LogP contribution in [0.25, 0.3) is 0 Å². The second kappa shape index (κ2) is 9.74. The van der Waals surface area contributed by atoms with E-state index in [1.807, 2.05) is 13.0 Å². The second-order valence-electron chi connectivity index (χ2n) is 6.17. The molecule has 2 N–H and O–H groups in total. The predicted molar refractivity (Wildman–Crippen MR) is 87.3 cm³/mol. The van der Waals surface area contributed by atoms with E-state index in [0.717, 1.165) is 25.8 Å². The first-order valence-electron chi connectivity index (χ1n) is 8.38. The monoisotopic (exact) mass is 310 g/mol. The molecule has 0 aromatic rings. The highest BCUT2D eigenvalue weighted by atomic mass is 16.3. The number of amides is 2. The maximum atomic E-state index is 12.2. The minimum Gasteiger partial charge on any atom is -0.392 e. The summed E-state index contributed by atoms with van der Waals surface area (Å²) in [6.07, 6.45) is 5.42. The Bertz CT molecular complexity index is 407. The van der Waals surface area contributed by atoms with E-state index in [-0.39, 0.29) is 23.8 Å². The molecule has 0 aliphatic carbocycles. The molecule has 1 rings (SSSR count). The molecule has 5 heteroatoms. The largest absolute Gasteiger partial charge is 0.392 e. The van der Waals surface area contributed by atoms with Crippen LogP contribution >= 0.6 is 0 Å². The molecule has 2 amide bonds. The summed E-state index contributed by atoms with van der Waals surface area (Å²) in [5, 5.41) is 13.0. The van der Waals surface area contributed by atoms with E-state index < -0.39 is 0 Å². The third-order valence-corrected chi connectivity index (χ3v) is 4.02. The van der Waals surface area contributed by atoms with Crippen LogP contribution < -0.4 is 5.32 Å². The van der Waals surface area contributed by atoms with Crippen molar-refractivity contribution in [1.29, 1.82) is 0 Å². The third kappa shape index (κ3) is 5.89. The van der Waals surface area contributed by atoms with Gasteiger partial charge in [0.25, 0.3) is 5.91 Å². The molecule has 0 fully saturated rings. The summed E-state index contributed by atoms with van der Waals surface area (Å²) in [6, 6.07) is 0. The number of aliphatic hydroxyl groups excluding tert-OH is 1. The highest BCUT2D eigenvalue weighted by molar-refractivity contribution is 6.05. The first kappa shape index (κ1) is 18.8.